The molecule has 0 saturated carbocycles. The van der Waals surface area contributed by atoms with E-state index in [9.17, 15) is 9.59 Å². The molecule has 3 heteroatoms. The average molecular weight is 327 g/mol. The molecule has 1 aliphatic heterocycles. The minimum atomic E-state index is -0.447. The van der Waals surface area contributed by atoms with E-state index < -0.39 is 6.04 Å². The van der Waals surface area contributed by atoms with Crippen LogP contribution in [0.25, 0.3) is 0 Å². The summed E-state index contributed by atoms with van der Waals surface area (Å²) in [6.45, 7) is 0. The third-order valence-electron chi connectivity index (χ3n) is 4.53. The van der Waals surface area contributed by atoms with Crippen LogP contribution in [0.5, 0.6) is 0 Å². The Morgan fingerprint density at radius 2 is 1.12 bits per heavy atom. The van der Waals surface area contributed by atoms with E-state index in [0.29, 0.717) is 11.1 Å². The van der Waals surface area contributed by atoms with E-state index in [1.807, 2.05) is 66.7 Å². The lowest BCUT2D eigenvalue weighted by molar-refractivity contribution is 0.0833. The molecule has 3 nitrogen and oxygen atoms in total. The van der Waals surface area contributed by atoms with Crippen LogP contribution >= 0.6 is 0 Å². The average Bonchev–Trinajstić information content (AvgIpc) is 3.44. The van der Waals surface area contributed by atoms with Crippen LogP contribution in [0.15, 0.2) is 91.0 Å². The molecule has 0 spiro atoms. The second-order valence-electron chi connectivity index (χ2n) is 6.11. The number of nitrogens with zero attached hydrogens (tertiary/aromatic N) is 1. The SMILES string of the molecule is O=C(c1ccccc1)[C@H]1[C@@H](c2ccccc2)N1C(=O)c1ccccc1. The van der Waals surface area contributed by atoms with Crippen LogP contribution < -0.4 is 0 Å². The smallest absolute Gasteiger partial charge is 0.255 e. The first kappa shape index (κ1) is 15.3. The van der Waals surface area contributed by atoms with E-state index in [1.165, 1.54) is 0 Å². The van der Waals surface area contributed by atoms with Crippen molar-refractivity contribution in [2.24, 2.45) is 0 Å². The Morgan fingerprint density at radius 3 is 1.68 bits per heavy atom. The fourth-order valence-electron chi connectivity index (χ4n) is 3.25. The minimum absolute atomic E-state index is 0.0151. The molecule has 1 heterocycles. The third kappa shape index (κ3) is 2.85. The topological polar surface area (TPSA) is 37.1 Å². The molecule has 0 aliphatic carbocycles. The summed E-state index contributed by atoms with van der Waals surface area (Å²) in [4.78, 5) is 27.5. The van der Waals surface area contributed by atoms with E-state index in [1.54, 1.807) is 29.2 Å². The molecule has 0 unspecified atom stereocenters. The summed E-state index contributed by atoms with van der Waals surface area (Å²) in [6.07, 6.45) is 0. The Balaban J connectivity index is 1.68. The highest BCUT2D eigenvalue weighted by atomic mass is 16.2. The van der Waals surface area contributed by atoms with Gasteiger partial charge >= 0.3 is 0 Å². The quantitative estimate of drug-likeness (QED) is 0.533. The molecule has 0 bridgehead atoms. The number of hydrogen-bond donors (Lipinski definition) is 0. The lowest BCUT2D eigenvalue weighted by Gasteiger charge is -2.05. The maximum atomic E-state index is 12.9. The summed E-state index contributed by atoms with van der Waals surface area (Å²) < 4.78 is 0. The zero-order chi connectivity index (χ0) is 17.2. The predicted molar refractivity (Wildman–Crippen MR) is 96.4 cm³/mol. The lowest BCUT2D eigenvalue weighted by atomic mass is 10.0. The van der Waals surface area contributed by atoms with Crippen molar-refractivity contribution in [1.29, 1.82) is 0 Å². The molecule has 3 aromatic carbocycles. The first-order chi connectivity index (χ1) is 12.3. The summed E-state index contributed by atoms with van der Waals surface area (Å²) in [5, 5.41) is 0. The second-order valence-corrected chi connectivity index (χ2v) is 6.11. The Bertz CT molecular complexity index is 834. The van der Waals surface area contributed by atoms with Crippen LogP contribution in [-0.2, 0) is 0 Å². The van der Waals surface area contributed by atoms with Gasteiger partial charge in [0.1, 0.15) is 6.04 Å². The zero-order valence-corrected chi connectivity index (χ0v) is 13.6. The highest BCUT2D eigenvalue weighted by molar-refractivity contribution is 6.08. The number of carbonyl (C=O) groups is 2. The van der Waals surface area contributed by atoms with Crippen molar-refractivity contribution >= 4 is 11.7 Å². The number of amides is 1. The fourth-order valence-corrected chi connectivity index (χ4v) is 3.25. The van der Waals surface area contributed by atoms with Gasteiger partial charge in [-0.1, -0.05) is 78.9 Å². The molecule has 25 heavy (non-hydrogen) atoms. The van der Waals surface area contributed by atoms with Gasteiger partial charge < -0.3 is 4.90 Å². The van der Waals surface area contributed by atoms with Crippen molar-refractivity contribution in [2.45, 2.75) is 12.1 Å². The first-order valence-electron chi connectivity index (χ1n) is 8.29. The van der Waals surface area contributed by atoms with E-state index in [-0.39, 0.29) is 17.7 Å². The minimum Gasteiger partial charge on any atom is -0.316 e. The van der Waals surface area contributed by atoms with Crippen LogP contribution in [-0.4, -0.2) is 22.6 Å². The van der Waals surface area contributed by atoms with E-state index in [4.69, 9.17) is 0 Å². The molecule has 2 atom stereocenters. The molecule has 1 fully saturated rings. The van der Waals surface area contributed by atoms with Gasteiger partial charge in [-0.2, -0.15) is 0 Å². The van der Waals surface area contributed by atoms with Gasteiger partial charge in [-0.05, 0) is 17.7 Å². The fraction of sp³-hybridized carbons (Fsp3) is 0.0909. The third-order valence-corrected chi connectivity index (χ3v) is 4.53. The molecule has 4 rings (SSSR count). The normalized spacial score (nSPS) is 18.6. The number of carbonyl (C=O) groups excluding carboxylic acids is 2. The van der Waals surface area contributed by atoms with Crippen LogP contribution in [0.1, 0.15) is 32.3 Å². The van der Waals surface area contributed by atoms with Crippen molar-refractivity contribution in [1.82, 2.24) is 4.90 Å². The summed E-state index contributed by atoms with van der Waals surface area (Å²) in [5.74, 6) is -0.123. The molecular formula is C22H17NO2. The molecule has 3 aromatic rings. The van der Waals surface area contributed by atoms with Gasteiger partial charge in [0, 0.05) is 11.1 Å². The molecule has 122 valence electrons. The Kier molecular flexibility index (Phi) is 3.90. The number of benzene rings is 3. The van der Waals surface area contributed by atoms with Gasteiger partial charge in [-0.3, -0.25) is 9.59 Å². The Hall–Kier alpha value is -3.20. The van der Waals surface area contributed by atoms with Gasteiger partial charge in [-0.25, -0.2) is 0 Å². The standard InChI is InChI=1S/C22H17NO2/c24-21(17-12-6-2-7-13-17)20-19(16-10-4-1-5-11-16)23(20)22(25)18-14-8-3-9-15-18/h1-15,19-20H/t19-,20-,23?/m1/s1. The molecular weight excluding hydrogens is 310 g/mol. The summed E-state index contributed by atoms with van der Waals surface area (Å²) in [6, 6.07) is 27.4. The van der Waals surface area contributed by atoms with Crippen molar-refractivity contribution in [3.8, 4) is 0 Å². The maximum absolute atomic E-state index is 12.9. The van der Waals surface area contributed by atoms with Crippen molar-refractivity contribution in [3.05, 3.63) is 108 Å². The Morgan fingerprint density at radius 1 is 0.640 bits per heavy atom. The molecule has 1 amide bonds. The van der Waals surface area contributed by atoms with Crippen molar-refractivity contribution in [3.63, 3.8) is 0 Å². The monoisotopic (exact) mass is 327 g/mol. The number of ketones is 1. The van der Waals surface area contributed by atoms with E-state index in [2.05, 4.69) is 0 Å². The highest BCUT2D eigenvalue weighted by Gasteiger charge is 2.56. The second kappa shape index (κ2) is 6.36. The summed E-state index contributed by atoms with van der Waals surface area (Å²) in [7, 11) is 0. The summed E-state index contributed by atoms with van der Waals surface area (Å²) in [5.41, 5.74) is 2.23. The van der Waals surface area contributed by atoms with Crippen LogP contribution in [0.4, 0.5) is 0 Å². The van der Waals surface area contributed by atoms with Gasteiger partial charge in [0.05, 0.1) is 6.04 Å². The number of Topliss-reactive ketones (excluding diaryl/α,β-unsaturated/α-hetero) is 1. The maximum Gasteiger partial charge on any atom is 0.255 e. The van der Waals surface area contributed by atoms with Gasteiger partial charge in [0.25, 0.3) is 5.91 Å². The molecule has 1 saturated heterocycles. The van der Waals surface area contributed by atoms with Crippen LogP contribution in [0.3, 0.4) is 0 Å². The molecule has 0 aromatic heterocycles. The van der Waals surface area contributed by atoms with E-state index in [0.717, 1.165) is 5.56 Å². The Labute approximate surface area is 146 Å². The van der Waals surface area contributed by atoms with Crippen LogP contribution in [0, 0.1) is 0 Å². The van der Waals surface area contributed by atoms with Gasteiger partial charge in [0.2, 0.25) is 0 Å². The predicted octanol–water partition coefficient (Wildman–Crippen LogP) is 4.14. The van der Waals surface area contributed by atoms with E-state index >= 15 is 0 Å². The van der Waals surface area contributed by atoms with Gasteiger partial charge in [0.15, 0.2) is 5.78 Å². The first-order valence-corrected chi connectivity index (χ1v) is 8.29. The van der Waals surface area contributed by atoms with Crippen molar-refractivity contribution < 1.29 is 9.59 Å². The van der Waals surface area contributed by atoms with Gasteiger partial charge in [-0.15, -0.1) is 0 Å². The molecule has 0 N–H and O–H groups in total. The molecule has 0 radical (unpaired) electrons. The number of hydrogen-bond acceptors (Lipinski definition) is 2. The largest absolute Gasteiger partial charge is 0.316 e. The number of rotatable bonds is 4. The molecule has 1 aliphatic rings. The summed E-state index contributed by atoms with van der Waals surface area (Å²) >= 11 is 0. The van der Waals surface area contributed by atoms with Crippen molar-refractivity contribution in [2.75, 3.05) is 0 Å². The lowest BCUT2D eigenvalue weighted by Crippen LogP contribution is -2.19. The van der Waals surface area contributed by atoms with Crippen LogP contribution in [0.2, 0.25) is 0 Å². The zero-order valence-electron chi connectivity index (χ0n) is 13.6. The highest BCUT2D eigenvalue weighted by Crippen LogP contribution is 2.45.